The molecule has 1 unspecified atom stereocenters. The summed E-state index contributed by atoms with van der Waals surface area (Å²) in [5.74, 6) is -0.868. The Morgan fingerprint density at radius 3 is 2.61 bits per heavy atom. The van der Waals surface area contributed by atoms with Crippen molar-refractivity contribution in [3.05, 3.63) is 64.5 Å². The Morgan fingerprint density at radius 2 is 1.94 bits per heavy atom. The number of nitrogens with one attached hydrogen (secondary N) is 1. The van der Waals surface area contributed by atoms with Gasteiger partial charge in [0.2, 0.25) is 0 Å². The Balaban J connectivity index is 1.73. The second-order valence-electron chi connectivity index (χ2n) is 6.82. The summed E-state index contributed by atoms with van der Waals surface area (Å²) in [4.78, 5) is 24.4. The van der Waals surface area contributed by atoms with Crippen LogP contribution >= 0.6 is 11.8 Å². The van der Waals surface area contributed by atoms with Gasteiger partial charge in [-0.3, -0.25) is 4.79 Å². The van der Waals surface area contributed by atoms with Crippen molar-refractivity contribution in [2.75, 3.05) is 25.2 Å². The molecule has 9 heteroatoms. The summed E-state index contributed by atoms with van der Waals surface area (Å²) < 4.78 is 37.7. The number of hydrogen-bond acceptors (Lipinski definition) is 6. The molecule has 3 aromatic rings. The summed E-state index contributed by atoms with van der Waals surface area (Å²) in [6, 6.07) is 8.61. The molecule has 0 aliphatic rings. The van der Waals surface area contributed by atoms with Crippen LogP contribution in [0.1, 0.15) is 6.42 Å². The first-order valence-electron chi connectivity index (χ1n) is 9.46. The van der Waals surface area contributed by atoms with Gasteiger partial charge in [0.05, 0.1) is 18.2 Å². The molecule has 3 rings (SSSR count). The molecular formula is C22H21F2NO5S. The van der Waals surface area contributed by atoms with Gasteiger partial charge in [-0.05, 0) is 54.3 Å². The van der Waals surface area contributed by atoms with Gasteiger partial charge in [0.1, 0.15) is 23.0 Å². The number of thioether (sulfide) groups is 1. The Kier molecular flexibility index (Phi) is 7.64. The molecule has 2 N–H and O–H groups in total. The maximum atomic E-state index is 13.5. The zero-order valence-corrected chi connectivity index (χ0v) is 17.5. The molecular weight excluding hydrogens is 428 g/mol. The van der Waals surface area contributed by atoms with Gasteiger partial charge in [-0.15, -0.1) is 0 Å². The lowest BCUT2D eigenvalue weighted by Crippen LogP contribution is -2.40. The summed E-state index contributed by atoms with van der Waals surface area (Å²) in [6.07, 6.45) is 2.58. The van der Waals surface area contributed by atoms with Crippen LogP contribution in [0.4, 0.5) is 8.78 Å². The van der Waals surface area contributed by atoms with Crippen molar-refractivity contribution < 1.29 is 27.8 Å². The van der Waals surface area contributed by atoms with E-state index in [4.69, 9.17) is 9.15 Å². The summed E-state index contributed by atoms with van der Waals surface area (Å²) in [5, 5.41) is 12.5. The number of rotatable bonds is 9. The summed E-state index contributed by atoms with van der Waals surface area (Å²) in [5.41, 5.74) is -0.451. The predicted octanol–water partition coefficient (Wildman–Crippen LogP) is 3.35. The third-order valence-corrected chi connectivity index (χ3v) is 5.15. The van der Waals surface area contributed by atoms with E-state index in [2.05, 4.69) is 5.32 Å². The molecule has 0 aliphatic carbocycles. The highest BCUT2D eigenvalue weighted by Crippen LogP contribution is 2.25. The van der Waals surface area contributed by atoms with E-state index in [9.17, 15) is 23.5 Å². The standard InChI is InChI=1S/C22H21F2NO5S/c1-31-5-4-17(11-26)25-21(27)12-29-18-3-2-13-8-19(22(28)30-20(13)10-18)14-6-15(23)9-16(24)7-14/h2-3,6-10,17,26H,4-5,11-12H2,1H3,(H,25,27). The Hall–Kier alpha value is -2.91. The number of fused-ring (bicyclic) bond motifs is 1. The number of amides is 1. The van der Waals surface area contributed by atoms with Gasteiger partial charge in [-0.25, -0.2) is 13.6 Å². The van der Waals surface area contributed by atoms with Gasteiger partial charge in [-0.2, -0.15) is 11.8 Å². The highest BCUT2D eigenvalue weighted by Gasteiger charge is 2.13. The second kappa shape index (κ2) is 10.4. The van der Waals surface area contributed by atoms with Crippen molar-refractivity contribution in [1.29, 1.82) is 0 Å². The van der Waals surface area contributed by atoms with E-state index in [0.717, 1.165) is 24.0 Å². The molecule has 164 valence electrons. The van der Waals surface area contributed by atoms with Gasteiger partial charge in [0, 0.05) is 17.5 Å². The molecule has 0 saturated carbocycles. The number of hydrogen-bond donors (Lipinski definition) is 2. The minimum absolute atomic E-state index is 0.0271. The van der Waals surface area contributed by atoms with Gasteiger partial charge in [0.25, 0.3) is 5.91 Å². The van der Waals surface area contributed by atoms with Crippen molar-refractivity contribution in [2.45, 2.75) is 12.5 Å². The van der Waals surface area contributed by atoms with Gasteiger partial charge in [0.15, 0.2) is 6.61 Å². The lowest BCUT2D eigenvalue weighted by Gasteiger charge is -2.16. The number of carbonyl (C=O) groups excluding carboxylic acids is 1. The van der Waals surface area contributed by atoms with E-state index in [0.29, 0.717) is 17.6 Å². The first-order valence-corrected chi connectivity index (χ1v) is 10.9. The highest BCUT2D eigenvalue weighted by molar-refractivity contribution is 7.98. The number of halogens is 2. The summed E-state index contributed by atoms with van der Waals surface area (Å²) in [7, 11) is 0. The van der Waals surface area contributed by atoms with E-state index < -0.39 is 17.3 Å². The normalized spacial score (nSPS) is 12.0. The van der Waals surface area contributed by atoms with Crippen molar-refractivity contribution in [2.24, 2.45) is 0 Å². The number of benzene rings is 2. The van der Waals surface area contributed by atoms with Crippen LogP contribution in [0.5, 0.6) is 5.75 Å². The first kappa shape index (κ1) is 22.8. The predicted molar refractivity (Wildman–Crippen MR) is 115 cm³/mol. The van der Waals surface area contributed by atoms with Crippen LogP contribution in [-0.2, 0) is 4.79 Å². The van der Waals surface area contributed by atoms with E-state index in [-0.39, 0.29) is 41.9 Å². The highest BCUT2D eigenvalue weighted by atomic mass is 32.2. The van der Waals surface area contributed by atoms with E-state index in [1.165, 1.54) is 12.1 Å². The molecule has 2 aromatic carbocycles. The molecule has 1 heterocycles. The van der Waals surface area contributed by atoms with Crippen molar-refractivity contribution in [3.63, 3.8) is 0 Å². The monoisotopic (exact) mass is 449 g/mol. The van der Waals surface area contributed by atoms with Gasteiger partial charge in [-0.1, -0.05) is 0 Å². The Morgan fingerprint density at radius 1 is 1.19 bits per heavy atom. The van der Waals surface area contributed by atoms with Crippen molar-refractivity contribution >= 4 is 28.6 Å². The summed E-state index contributed by atoms with van der Waals surface area (Å²) in [6.45, 7) is -0.433. The zero-order valence-electron chi connectivity index (χ0n) is 16.7. The fourth-order valence-electron chi connectivity index (χ4n) is 2.98. The van der Waals surface area contributed by atoms with E-state index in [1.54, 1.807) is 23.9 Å². The second-order valence-corrected chi connectivity index (χ2v) is 7.81. The maximum absolute atomic E-state index is 13.5. The molecule has 1 amide bonds. The van der Waals surface area contributed by atoms with Gasteiger partial charge >= 0.3 is 5.63 Å². The van der Waals surface area contributed by atoms with Crippen LogP contribution in [0.2, 0.25) is 0 Å². The maximum Gasteiger partial charge on any atom is 0.344 e. The average Bonchev–Trinajstić information content (AvgIpc) is 2.73. The Bertz CT molecular complexity index is 1110. The third-order valence-electron chi connectivity index (χ3n) is 4.51. The SMILES string of the molecule is CSCCC(CO)NC(=O)COc1ccc2cc(-c3cc(F)cc(F)c3)c(=O)oc2c1. The molecule has 0 radical (unpaired) electrons. The molecule has 0 saturated heterocycles. The quantitative estimate of drug-likeness (QED) is 0.487. The number of carbonyl (C=O) groups is 1. The zero-order chi connectivity index (χ0) is 22.4. The third kappa shape index (κ3) is 6.05. The van der Waals surface area contributed by atoms with Gasteiger partial charge < -0.3 is 19.6 Å². The average molecular weight is 449 g/mol. The van der Waals surface area contributed by atoms with Crippen molar-refractivity contribution in [3.8, 4) is 16.9 Å². The fraction of sp³-hybridized carbons (Fsp3) is 0.273. The molecule has 6 nitrogen and oxygen atoms in total. The molecule has 0 spiro atoms. The molecule has 0 bridgehead atoms. The smallest absolute Gasteiger partial charge is 0.344 e. The van der Waals surface area contributed by atoms with Crippen LogP contribution in [0.25, 0.3) is 22.1 Å². The number of aliphatic hydroxyl groups excluding tert-OH is 1. The van der Waals surface area contributed by atoms with Crippen LogP contribution in [-0.4, -0.2) is 42.3 Å². The molecule has 0 fully saturated rings. The van der Waals surface area contributed by atoms with E-state index >= 15 is 0 Å². The topological polar surface area (TPSA) is 88.8 Å². The van der Waals surface area contributed by atoms with Crippen molar-refractivity contribution in [1.82, 2.24) is 5.32 Å². The lowest BCUT2D eigenvalue weighted by atomic mass is 10.1. The lowest BCUT2D eigenvalue weighted by molar-refractivity contribution is -0.124. The van der Waals surface area contributed by atoms with Crippen LogP contribution < -0.4 is 15.7 Å². The number of ether oxygens (including phenoxy) is 1. The van der Waals surface area contributed by atoms with Crippen LogP contribution in [0, 0.1) is 11.6 Å². The molecule has 1 aromatic heterocycles. The van der Waals surface area contributed by atoms with E-state index in [1.807, 2.05) is 6.26 Å². The Labute approximate surface area is 181 Å². The van der Waals surface area contributed by atoms with Crippen LogP contribution in [0.15, 0.2) is 51.7 Å². The van der Waals surface area contributed by atoms with Crippen LogP contribution in [0.3, 0.4) is 0 Å². The summed E-state index contributed by atoms with van der Waals surface area (Å²) >= 11 is 1.62. The minimum atomic E-state index is -0.798. The fourth-order valence-corrected chi connectivity index (χ4v) is 3.50. The number of aliphatic hydroxyl groups is 1. The molecule has 0 aliphatic heterocycles. The first-order chi connectivity index (χ1) is 14.9. The largest absolute Gasteiger partial charge is 0.484 e. The minimum Gasteiger partial charge on any atom is -0.484 e. The molecule has 31 heavy (non-hydrogen) atoms. The molecule has 1 atom stereocenters.